The first-order valence-corrected chi connectivity index (χ1v) is 8.48. The molecule has 1 aromatic heterocycles. The molecule has 26 heavy (non-hydrogen) atoms. The summed E-state index contributed by atoms with van der Waals surface area (Å²) in [6, 6.07) is 7.25. The van der Waals surface area contributed by atoms with Gasteiger partial charge in [-0.2, -0.15) is 13.2 Å². The Balaban J connectivity index is 1.88. The number of carbonyl (C=O) groups excluding carboxylic acids is 1. The van der Waals surface area contributed by atoms with Crippen molar-refractivity contribution in [3.63, 3.8) is 0 Å². The van der Waals surface area contributed by atoms with Crippen LogP contribution < -0.4 is 0 Å². The van der Waals surface area contributed by atoms with E-state index >= 15 is 0 Å². The van der Waals surface area contributed by atoms with Gasteiger partial charge < -0.3 is 4.90 Å². The summed E-state index contributed by atoms with van der Waals surface area (Å²) in [5, 5.41) is 0.532. The van der Waals surface area contributed by atoms with Gasteiger partial charge >= 0.3 is 12.1 Å². The van der Waals surface area contributed by atoms with E-state index in [0.717, 1.165) is 27.2 Å². The molecule has 136 valence electrons. The number of halogens is 4. The molecule has 1 amide bonds. The SMILES string of the molecule is O=C(N1CCc2ccc(Cl)c(C=Cc3ccncc3)c2CC1)C(F)(F)F. The fraction of sp³-hybridized carbons (Fsp3) is 0.263. The van der Waals surface area contributed by atoms with E-state index in [1.807, 2.05) is 30.4 Å². The van der Waals surface area contributed by atoms with Crippen LogP contribution in [-0.4, -0.2) is 35.1 Å². The fourth-order valence-corrected chi connectivity index (χ4v) is 3.28. The lowest BCUT2D eigenvalue weighted by atomic mass is 9.96. The fourth-order valence-electron chi connectivity index (χ4n) is 3.04. The highest BCUT2D eigenvalue weighted by atomic mass is 35.5. The molecule has 0 unspecified atom stereocenters. The summed E-state index contributed by atoms with van der Waals surface area (Å²) in [7, 11) is 0. The highest BCUT2D eigenvalue weighted by molar-refractivity contribution is 6.32. The smallest absolute Gasteiger partial charge is 0.334 e. The van der Waals surface area contributed by atoms with Gasteiger partial charge in [0.2, 0.25) is 0 Å². The number of alkyl halides is 3. The maximum Gasteiger partial charge on any atom is 0.471 e. The molecule has 0 bridgehead atoms. The Bertz CT molecular complexity index is 835. The zero-order valence-electron chi connectivity index (χ0n) is 13.8. The predicted molar refractivity (Wildman–Crippen MR) is 94.7 cm³/mol. The Labute approximate surface area is 154 Å². The zero-order valence-corrected chi connectivity index (χ0v) is 14.5. The molecule has 7 heteroatoms. The summed E-state index contributed by atoms with van der Waals surface area (Å²) in [5.74, 6) is -1.79. The molecular weight excluding hydrogens is 365 g/mol. The van der Waals surface area contributed by atoms with Gasteiger partial charge in [0.15, 0.2) is 0 Å². The first-order chi connectivity index (χ1) is 12.4. The van der Waals surface area contributed by atoms with E-state index in [0.29, 0.717) is 17.9 Å². The van der Waals surface area contributed by atoms with Crippen LogP contribution in [0.15, 0.2) is 36.7 Å². The van der Waals surface area contributed by atoms with E-state index in [4.69, 9.17) is 11.6 Å². The number of amides is 1. The average Bonchev–Trinajstić information content (AvgIpc) is 2.83. The number of hydrogen-bond acceptors (Lipinski definition) is 2. The zero-order chi connectivity index (χ0) is 18.7. The van der Waals surface area contributed by atoms with Crippen molar-refractivity contribution in [3.05, 3.63) is 63.9 Å². The first kappa shape index (κ1) is 18.5. The van der Waals surface area contributed by atoms with Crippen LogP contribution in [0.25, 0.3) is 12.2 Å². The van der Waals surface area contributed by atoms with Gasteiger partial charge in [-0.25, -0.2) is 0 Å². The molecule has 0 spiro atoms. The van der Waals surface area contributed by atoms with Crippen molar-refractivity contribution in [3.8, 4) is 0 Å². The lowest BCUT2D eigenvalue weighted by Gasteiger charge is -2.21. The van der Waals surface area contributed by atoms with E-state index in [2.05, 4.69) is 4.98 Å². The highest BCUT2D eigenvalue weighted by Gasteiger charge is 2.42. The van der Waals surface area contributed by atoms with Crippen LogP contribution in [0.1, 0.15) is 22.3 Å². The molecule has 3 rings (SSSR count). The van der Waals surface area contributed by atoms with E-state index in [1.165, 1.54) is 0 Å². The van der Waals surface area contributed by atoms with Crippen molar-refractivity contribution < 1.29 is 18.0 Å². The van der Waals surface area contributed by atoms with Crippen molar-refractivity contribution in [1.82, 2.24) is 9.88 Å². The normalized spacial score (nSPS) is 15.0. The van der Waals surface area contributed by atoms with Crippen molar-refractivity contribution in [2.24, 2.45) is 0 Å². The molecule has 0 radical (unpaired) electrons. The maximum atomic E-state index is 12.7. The molecule has 0 saturated heterocycles. The summed E-state index contributed by atoms with van der Waals surface area (Å²) in [6.45, 7) is 0.0578. The number of benzene rings is 1. The second-order valence-electron chi connectivity index (χ2n) is 6.00. The average molecular weight is 381 g/mol. The van der Waals surface area contributed by atoms with Gasteiger partial charge in [0.25, 0.3) is 0 Å². The lowest BCUT2D eigenvalue weighted by Crippen LogP contribution is -2.42. The first-order valence-electron chi connectivity index (χ1n) is 8.11. The number of carbonyl (C=O) groups is 1. The van der Waals surface area contributed by atoms with Crippen LogP contribution in [0.3, 0.4) is 0 Å². The number of aromatic nitrogens is 1. The third-order valence-electron chi connectivity index (χ3n) is 4.36. The summed E-state index contributed by atoms with van der Waals surface area (Å²) >= 11 is 6.33. The number of pyridine rings is 1. The van der Waals surface area contributed by atoms with Crippen LogP contribution in [0.2, 0.25) is 5.02 Å². The molecule has 0 fully saturated rings. The van der Waals surface area contributed by atoms with Crippen LogP contribution in [0.5, 0.6) is 0 Å². The minimum Gasteiger partial charge on any atom is -0.334 e. The minimum atomic E-state index is -4.85. The molecule has 1 aliphatic heterocycles. The molecular formula is C19H16ClF3N2O. The van der Waals surface area contributed by atoms with Crippen LogP contribution in [0, 0.1) is 0 Å². The van der Waals surface area contributed by atoms with Gasteiger partial charge in [0.1, 0.15) is 0 Å². The van der Waals surface area contributed by atoms with Crippen molar-refractivity contribution >= 4 is 29.7 Å². The van der Waals surface area contributed by atoms with Crippen molar-refractivity contribution in [1.29, 1.82) is 0 Å². The quantitative estimate of drug-likeness (QED) is 0.774. The molecule has 2 aromatic rings. The van der Waals surface area contributed by atoms with E-state index in [1.54, 1.807) is 18.5 Å². The Morgan fingerprint density at radius 3 is 2.46 bits per heavy atom. The Morgan fingerprint density at radius 2 is 1.77 bits per heavy atom. The highest BCUT2D eigenvalue weighted by Crippen LogP contribution is 2.29. The lowest BCUT2D eigenvalue weighted by molar-refractivity contribution is -0.185. The minimum absolute atomic E-state index is 0.0157. The van der Waals surface area contributed by atoms with Gasteiger partial charge in [0, 0.05) is 30.5 Å². The molecule has 3 nitrogen and oxygen atoms in total. The van der Waals surface area contributed by atoms with Crippen LogP contribution in [0.4, 0.5) is 13.2 Å². The Kier molecular flexibility index (Phi) is 5.32. The third kappa shape index (κ3) is 4.07. The van der Waals surface area contributed by atoms with Crippen molar-refractivity contribution in [2.75, 3.05) is 13.1 Å². The number of nitrogens with zero attached hydrogens (tertiary/aromatic N) is 2. The Hall–Kier alpha value is -2.34. The molecule has 0 aliphatic carbocycles. The summed E-state index contributed by atoms with van der Waals surface area (Å²) in [4.78, 5) is 16.4. The molecule has 0 atom stereocenters. The topological polar surface area (TPSA) is 33.2 Å². The van der Waals surface area contributed by atoms with Crippen molar-refractivity contribution in [2.45, 2.75) is 19.0 Å². The maximum absolute atomic E-state index is 12.7. The molecule has 1 aromatic carbocycles. The standard InChI is InChI=1S/C19H16ClF3N2O/c20-17-4-2-14-7-11-25(18(26)19(21,22)23)12-8-15(14)16(17)3-1-13-5-9-24-10-6-13/h1-6,9-10H,7-8,11-12H2. The molecule has 0 saturated carbocycles. The molecule has 2 heterocycles. The largest absolute Gasteiger partial charge is 0.471 e. The second kappa shape index (κ2) is 7.50. The van der Waals surface area contributed by atoms with Gasteiger partial charge in [-0.15, -0.1) is 0 Å². The number of fused-ring (bicyclic) bond motifs is 1. The Morgan fingerprint density at radius 1 is 1.08 bits per heavy atom. The summed E-state index contributed by atoms with van der Waals surface area (Å²) < 4.78 is 38.2. The second-order valence-corrected chi connectivity index (χ2v) is 6.41. The summed E-state index contributed by atoms with van der Waals surface area (Å²) in [5.41, 5.74) is 3.53. The van der Waals surface area contributed by atoms with Gasteiger partial charge in [0.05, 0.1) is 0 Å². The van der Waals surface area contributed by atoms with E-state index in [9.17, 15) is 18.0 Å². The van der Waals surface area contributed by atoms with Crippen LogP contribution >= 0.6 is 11.6 Å². The van der Waals surface area contributed by atoms with E-state index in [-0.39, 0.29) is 13.1 Å². The van der Waals surface area contributed by atoms with E-state index < -0.39 is 12.1 Å². The molecule has 1 aliphatic rings. The van der Waals surface area contributed by atoms with Gasteiger partial charge in [-0.05, 0) is 53.3 Å². The molecule has 0 N–H and O–H groups in total. The van der Waals surface area contributed by atoms with Gasteiger partial charge in [-0.1, -0.05) is 29.8 Å². The van der Waals surface area contributed by atoms with Gasteiger partial charge in [-0.3, -0.25) is 9.78 Å². The number of rotatable bonds is 2. The number of hydrogen-bond donors (Lipinski definition) is 0. The monoisotopic (exact) mass is 380 g/mol. The van der Waals surface area contributed by atoms with Crippen LogP contribution in [-0.2, 0) is 17.6 Å². The third-order valence-corrected chi connectivity index (χ3v) is 4.69. The summed E-state index contributed by atoms with van der Waals surface area (Å²) in [6.07, 6.45) is 2.93. The predicted octanol–water partition coefficient (Wildman–Crippen LogP) is 4.39.